The molecule has 2 amide bonds. The maximum atomic E-state index is 12.9. The highest BCUT2D eigenvalue weighted by Crippen LogP contribution is 2.22. The quantitative estimate of drug-likeness (QED) is 0.928. The van der Waals surface area contributed by atoms with Crippen molar-refractivity contribution in [1.29, 1.82) is 0 Å². The Morgan fingerprint density at radius 1 is 1.28 bits per heavy atom. The highest BCUT2D eigenvalue weighted by atomic mass is 19.1. The smallest absolute Gasteiger partial charge is 0.409 e. The SMILES string of the molecule is COC(=O)N1CCc2c(cncc2C(=O)NCc2ccc(F)cc2)C1. The van der Waals surface area contributed by atoms with Crippen molar-refractivity contribution in [3.8, 4) is 0 Å². The maximum absolute atomic E-state index is 12.9. The van der Waals surface area contributed by atoms with Gasteiger partial charge in [0.05, 0.1) is 19.2 Å². The normalized spacial score (nSPS) is 13.1. The monoisotopic (exact) mass is 343 g/mol. The van der Waals surface area contributed by atoms with E-state index in [1.807, 2.05) is 0 Å². The summed E-state index contributed by atoms with van der Waals surface area (Å²) in [6, 6.07) is 5.97. The topological polar surface area (TPSA) is 71.5 Å². The van der Waals surface area contributed by atoms with Gasteiger partial charge in [-0.2, -0.15) is 0 Å². The average molecular weight is 343 g/mol. The zero-order chi connectivity index (χ0) is 17.8. The Morgan fingerprint density at radius 3 is 2.76 bits per heavy atom. The van der Waals surface area contributed by atoms with Crippen LogP contribution in [0.15, 0.2) is 36.7 Å². The number of benzene rings is 1. The van der Waals surface area contributed by atoms with Gasteiger partial charge in [-0.1, -0.05) is 12.1 Å². The highest BCUT2D eigenvalue weighted by molar-refractivity contribution is 5.95. The number of hydrogen-bond donors (Lipinski definition) is 1. The predicted octanol–water partition coefficient (Wildman–Crippen LogP) is 2.28. The molecule has 0 bridgehead atoms. The number of halogens is 1. The predicted molar refractivity (Wildman–Crippen MR) is 88.3 cm³/mol. The van der Waals surface area contributed by atoms with E-state index in [1.54, 1.807) is 23.2 Å². The number of hydrogen-bond acceptors (Lipinski definition) is 4. The van der Waals surface area contributed by atoms with Crippen molar-refractivity contribution in [2.45, 2.75) is 19.5 Å². The van der Waals surface area contributed by atoms with Crippen molar-refractivity contribution in [3.63, 3.8) is 0 Å². The van der Waals surface area contributed by atoms with Crippen LogP contribution in [-0.4, -0.2) is 35.5 Å². The van der Waals surface area contributed by atoms with E-state index >= 15 is 0 Å². The number of amides is 2. The Bertz CT molecular complexity index is 793. The molecule has 0 saturated carbocycles. The lowest BCUT2D eigenvalue weighted by Crippen LogP contribution is -2.37. The third-order valence-electron chi connectivity index (χ3n) is 4.18. The molecule has 0 fully saturated rings. The number of pyridine rings is 1. The van der Waals surface area contributed by atoms with Gasteiger partial charge in [0.15, 0.2) is 0 Å². The summed E-state index contributed by atoms with van der Waals surface area (Å²) < 4.78 is 17.7. The molecule has 1 aliphatic heterocycles. The summed E-state index contributed by atoms with van der Waals surface area (Å²) in [5, 5.41) is 2.82. The first-order chi connectivity index (χ1) is 12.1. The summed E-state index contributed by atoms with van der Waals surface area (Å²) in [5.41, 5.74) is 3.05. The van der Waals surface area contributed by atoms with Gasteiger partial charge in [-0.15, -0.1) is 0 Å². The Hall–Kier alpha value is -2.96. The van der Waals surface area contributed by atoms with Gasteiger partial charge >= 0.3 is 6.09 Å². The van der Waals surface area contributed by atoms with Gasteiger partial charge in [-0.25, -0.2) is 9.18 Å². The van der Waals surface area contributed by atoms with Crippen molar-refractivity contribution in [2.24, 2.45) is 0 Å². The standard InChI is InChI=1S/C18H18FN3O3/c1-25-18(24)22-7-6-15-13(11-22)9-20-10-16(15)17(23)21-8-12-2-4-14(19)5-3-12/h2-5,9-10H,6-8,11H2,1H3,(H,21,23). The van der Waals surface area contributed by atoms with E-state index in [0.717, 1.165) is 16.7 Å². The zero-order valence-corrected chi connectivity index (χ0v) is 13.8. The van der Waals surface area contributed by atoms with Crippen LogP contribution < -0.4 is 5.32 Å². The molecular weight excluding hydrogens is 325 g/mol. The van der Waals surface area contributed by atoms with Gasteiger partial charge in [0.1, 0.15) is 5.82 Å². The fourth-order valence-electron chi connectivity index (χ4n) is 2.85. The Labute approximate surface area is 144 Å². The summed E-state index contributed by atoms with van der Waals surface area (Å²) >= 11 is 0. The van der Waals surface area contributed by atoms with Gasteiger partial charge in [0.25, 0.3) is 5.91 Å². The zero-order valence-electron chi connectivity index (χ0n) is 13.8. The van der Waals surface area contributed by atoms with Crippen molar-refractivity contribution < 1.29 is 18.7 Å². The second-order valence-corrected chi connectivity index (χ2v) is 5.78. The Kier molecular flexibility index (Phi) is 4.92. The lowest BCUT2D eigenvalue weighted by molar-refractivity contribution is 0.0948. The van der Waals surface area contributed by atoms with Gasteiger partial charge in [-0.05, 0) is 35.2 Å². The lowest BCUT2D eigenvalue weighted by Gasteiger charge is -2.28. The summed E-state index contributed by atoms with van der Waals surface area (Å²) in [6.07, 6.45) is 3.37. The number of carbonyl (C=O) groups is 2. The third-order valence-corrected chi connectivity index (χ3v) is 4.18. The second-order valence-electron chi connectivity index (χ2n) is 5.78. The number of nitrogens with one attached hydrogen (secondary N) is 1. The van der Waals surface area contributed by atoms with Crippen LogP contribution in [-0.2, 0) is 24.2 Å². The first kappa shape index (κ1) is 16.9. The van der Waals surface area contributed by atoms with Gasteiger partial charge in [0, 0.05) is 25.5 Å². The molecule has 3 rings (SSSR count). The van der Waals surface area contributed by atoms with E-state index in [1.165, 1.54) is 25.4 Å². The molecule has 0 saturated heterocycles. The number of rotatable bonds is 3. The van der Waals surface area contributed by atoms with E-state index in [2.05, 4.69) is 10.3 Å². The fourth-order valence-corrected chi connectivity index (χ4v) is 2.85. The van der Waals surface area contributed by atoms with Crippen LogP contribution in [0.1, 0.15) is 27.0 Å². The van der Waals surface area contributed by atoms with E-state index in [9.17, 15) is 14.0 Å². The van der Waals surface area contributed by atoms with Gasteiger partial charge in [0.2, 0.25) is 0 Å². The number of fused-ring (bicyclic) bond motifs is 1. The molecule has 1 aliphatic rings. The van der Waals surface area contributed by atoms with Crippen LogP contribution in [0.3, 0.4) is 0 Å². The fraction of sp³-hybridized carbons (Fsp3) is 0.278. The molecule has 0 aliphatic carbocycles. The first-order valence-corrected chi connectivity index (χ1v) is 7.89. The summed E-state index contributed by atoms with van der Waals surface area (Å²) in [5.74, 6) is -0.549. The van der Waals surface area contributed by atoms with Crippen LogP contribution in [0.2, 0.25) is 0 Å². The summed E-state index contributed by atoms with van der Waals surface area (Å²) in [7, 11) is 1.34. The van der Waals surface area contributed by atoms with Crippen LogP contribution in [0.25, 0.3) is 0 Å². The van der Waals surface area contributed by atoms with Crippen molar-refractivity contribution in [3.05, 3.63) is 64.7 Å². The van der Waals surface area contributed by atoms with Crippen molar-refractivity contribution in [2.75, 3.05) is 13.7 Å². The molecule has 25 heavy (non-hydrogen) atoms. The van der Waals surface area contributed by atoms with Crippen LogP contribution in [0.4, 0.5) is 9.18 Å². The maximum Gasteiger partial charge on any atom is 0.409 e. The third kappa shape index (κ3) is 3.76. The molecule has 1 N–H and O–H groups in total. The summed E-state index contributed by atoms with van der Waals surface area (Å²) in [4.78, 5) is 29.8. The van der Waals surface area contributed by atoms with Crippen LogP contribution in [0, 0.1) is 5.82 Å². The highest BCUT2D eigenvalue weighted by Gasteiger charge is 2.25. The van der Waals surface area contributed by atoms with Crippen LogP contribution >= 0.6 is 0 Å². The van der Waals surface area contributed by atoms with Crippen LogP contribution in [0.5, 0.6) is 0 Å². The molecule has 0 atom stereocenters. The van der Waals surface area contributed by atoms with Gasteiger partial charge < -0.3 is 15.0 Å². The van der Waals surface area contributed by atoms with E-state index in [0.29, 0.717) is 31.6 Å². The molecule has 7 heteroatoms. The second kappa shape index (κ2) is 7.29. The molecule has 0 spiro atoms. The first-order valence-electron chi connectivity index (χ1n) is 7.89. The minimum Gasteiger partial charge on any atom is -0.453 e. The molecule has 0 unspecified atom stereocenters. The minimum atomic E-state index is -0.392. The molecular formula is C18H18FN3O3. The van der Waals surface area contributed by atoms with E-state index < -0.39 is 6.09 Å². The Morgan fingerprint density at radius 2 is 2.04 bits per heavy atom. The van der Waals surface area contributed by atoms with E-state index in [-0.39, 0.29) is 11.7 Å². The molecule has 1 aromatic carbocycles. The molecule has 6 nitrogen and oxygen atoms in total. The molecule has 2 heterocycles. The number of nitrogens with zero attached hydrogens (tertiary/aromatic N) is 2. The number of aromatic nitrogens is 1. The number of methoxy groups -OCH3 is 1. The van der Waals surface area contributed by atoms with E-state index in [4.69, 9.17) is 4.74 Å². The molecule has 1 aromatic heterocycles. The minimum absolute atomic E-state index is 0.236. The number of carbonyl (C=O) groups excluding carboxylic acids is 2. The number of ether oxygens (including phenoxy) is 1. The Balaban J connectivity index is 1.72. The van der Waals surface area contributed by atoms with Crippen molar-refractivity contribution >= 4 is 12.0 Å². The molecule has 0 radical (unpaired) electrons. The summed E-state index contributed by atoms with van der Waals surface area (Å²) in [6.45, 7) is 1.16. The average Bonchev–Trinajstić information content (AvgIpc) is 2.65. The molecule has 2 aromatic rings. The van der Waals surface area contributed by atoms with Gasteiger partial charge in [-0.3, -0.25) is 9.78 Å². The van der Waals surface area contributed by atoms with Crippen molar-refractivity contribution in [1.82, 2.24) is 15.2 Å². The lowest BCUT2D eigenvalue weighted by atomic mass is 9.97. The molecule has 130 valence electrons. The largest absolute Gasteiger partial charge is 0.453 e.